The number of halogens is 3. The van der Waals surface area contributed by atoms with Crippen LogP contribution in [0.1, 0.15) is 22.7 Å². The van der Waals surface area contributed by atoms with Gasteiger partial charge in [0, 0.05) is 19.6 Å². The molecule has 1 N–H and O–H groups in total. The minimum absolute atomic E-state index is 0.0547. The third-order valence-electron chi connectivity index (χ3n) is 4.99. The molecule has 0 aromatic heterocycles. The average Bonchev–Trinajstić information content (AvgIpc) is 2.74. The van der Waals surface area contributed by atoms with E-state index >= 15 is 0 Å². The normalized spacial score (nSPS) is 16.1. The highest BCUT2D eigenvalue weighted by molar-refractivity contribution is 5.77. The number of carbonyl (C=O) groups is 1. The van der Waals surface area contributed by atoms with Crippen molar-refractivity contribution in [1.82, 2.24) is 10.2 Å². The van der Waals surface area contributed by atoms with E-state index in [0.717, 1.165) is 30.3 Å². The second-order valence-electron chi connectivity index (χ2n) is 7.16. The maximum atomic E-state index is 13.1. The Bertz CT molecular complexity index is 834. The molecule has 162 valence electrons. The van der Waals surface area contributed by atoms with Crippen LogP contribution in [0.2, 0.25) is 0 Å². The lowest BCUT2D eigenvalue weighted by molar-refractivity contribution is -0.139. The second kappa shape index (κ2) is 9.95. The predicted octanol–water partition coefficient (Wildman–Crippen LogP) is 3.58. The third kappa shape index (κ3) is 5.96. The van der Waals surface area contributed by atoms with E-state index < -0.39 is 24.3 Å². The van der Waals surface area contributed by atoms with Gasteiger partial charge < -0.3 is 14.8 Å². The SMILES string of the molecule is Cc1ccc(C(CNC(=O)COc2ccccc2C(F)(F)F)N2CCOCC2)cc1. The van der Waals surface area contributed by atoms with Gasteiger partial charge >= 0.3 is 6.18 Å². The van der Waals surface area contributed by atoms with E-state index in [1.54, 1.807) is 0 Å². The van der Waals surface area contributed by atoms with Gasteiger partial charge in [0.25, 0.3) is 5.91 Å². The van der Waals surface area contributed by atoms with Gasteiger partial charge in [0.15, 0.2) is 6.61 Å². The second-order valence-corrected chi connectivity index (χ2v) is 7.16. The fraction of sp³-hybridized carbons (Fsp3) is 0.409. The van der Waals surface area contributed by atoms with Gasteiger partial charge in [-0.1, -0.05) is 42.0 Å². The Hall–Kier alpha value is -2.58. The van der Waals surface area contributed by atoms with E-state index in [9.17, 15) is 18.0 Å². The van der Waals surface area contributed by atoms with E-state index in [1.807, 2.05) is 31.2 Å². The van der Waals surface area contributed by atoms with Crippen molar-refractivity contribution in [1.29, 1.82) is 0 Å². The molecule has 1 unspecified atom stereocenters. The summed E-state index contributed by atoms with van der Waals surface area (Å²) in [5.74, 6) is -0.833. The van der Waals surface area contributed by atoms with Crippen LogP contribution in [-0.4, -0.2) is 50.3 Å². The van der Waals surface area contributed by atoms with Crippen LogP contribution in [0.3, 0.4) is 0 Å². The average molecular weight is 422 g/mol. The van der Waals surface area contributed by atoms with Crippen LogP contribution < -0.4 is 10.1 Å². The number of benzene rings is 2. The van der Waals surface area contributed by atoms with Crippen LogP contribution >= 0.6 is 0 Å². The molecule has 0 radical (unpaired) electrons. The Kier molecular flexibility index (Phi) is 7.33. The van der Waals surface area contributed by atoms with Gasteiger partial charge in [0.2, 0.25) is 0 Å². The van der Waals surface area contributed by atoms with E-state index in [0.29, 0.717) is 19.8 Å². The van der Waals surface area contributed by atoms with Crippen LogP contribution in [0.4, 0.5) is 13.2 Å². The highest BCUT2D eigenvalue weighted by atomic mass is 19.4. The molecule has 0 bridgehead atoms. The van der Waals surface area contributed by atoms with Crippen LogP contribution in [-0.2, 0) is 15.7 Å². The number of nitrogens with zero attached hydrogens (tertiary/aromatic N) is 1. The molecule has 5 nitrogen and oxygen atoms in total. The molecule has 0 saturated carbocycles. The number of morpholine rings is 1. The van der Waals surface area contributed by atoms with Gasteiger partial charge in [-0.3, -0.25) is 9.69 Å². The van der Waals surface area contributed by atoms with Gasteiger partial charge in [-0.15, -0.1) is 0 Å². The standard InChI is InChI=1S/C22H25F3N2O3/c1-16-6-8-17(9-7-16)19(27-10-12-29-13-11-27)14-26-21(28)15-30-20-5-3-2-4-18(20)22(23,24)25/h2-9,19H,10-15H2,1H3,(H,26,28). The summed E-state index contributed by atoms with van der Waals surface area (Å²) in [6.45, 7) is 4.56. The maximum Gasteiger partial charge on any atom is 0.419 e. The van der Waals surface area contributed by atoms with Gasteiger partial charge in [-0.25, -0.2) is 0 Å². The summed E-state index contributed by atoms with van der Waals surface area (Å²) >= 11 is 0. The summed E-state index contributed by atoms with van der Waals surface area (Å²) < 4.78 is 49.7. The third-order valence-corrected chi connectivity index (χ3v) is 4.99. The van der Waals surface area contributed by atoms with E-state index in [-0.39, 0.29) is 11.8 Å². The van der Waals surface area contributed by atoms with Crippen molar-refractivity contribution in [2.24, 2.45) is 0 Å². The molecule has 0 spiro atoms. The topological polar surface area (TPSA) is 50.8 Å². The number of carbonyl (C=O) groups excluding carboxylic acids is 1. The molecular weight excluding hydrogens is 397 g/mol. The number of amides is 1. The Balaban J connectivity index is 1.61. The van der Waals surface area contributed by atoms with E-state index in [4.69, 9.17) is 9.47 Å². The van der Waals surface area contributed by atoms with Crippen LogP contribution in [0, 0.1) is 6.92 Å². The first-order chi connectivity index (χ1) is 14.3. The number of rotatable bonds is 7. The van der Waals surface area contributed by atoms with Crippen molar-refractivity contribution in [3.05, 3.63) is 65.2 Å². The van der Waals surface area contributed by atoms with Gasteiger partial charge in [0.05, 0.1) is 24.8 Å². The monoisotopic (exact) mass is 422 g/mol. The minimum Gasteiger partial charge on any atom is -0.483 e. The van der Waals surface area contributed by atoms with Crippen molar-refractivity contribution in [3.63, 3.8) is 0 Å². The fourth-order valence-corrected chi connectivity index (χ4v) is 3.37. The fourth-order valence-electron chi connectivity index (χ4n) is 3.37. The number of nitrogens with one attached hydrogen (secondary N) is 1. The molecule has 2 aromatic rings. The molecule has 30 heavy (non-hydrogen) atoms. The molecular formula is C22H25F3N2O3. The highest BCUT2D eigenvalue weighted by Crippen LogP contribution is 2.35. The molecule has 1 heterocycles. The highest BCUT2D eigenvalue weighted by Gasteiger charge is 2.34. The molecule has 1 fully saturated rings. The van der Waals surface area contributed by atoms with E-state index in [2.05, 4.69) is 10.2 Å². The number of aryl methyl sites for hydroxylation is 1. The maximum absolute atomic E-state index is 13.1. The zero-order chi connectivity index (χ0) is 21.6. The molecule has 0 aliphatic carbocycles. The largest absolute Gasteiger partial charge is 0.483 e. The lowest BCUT2D eigenvalue weighted by Crippen LogP contribution is -2.44. The number of hydrogen-bond acceptors (Lipinski definition) is 4. The summed E-state index contributed by atoms with van der Waals surface area (Å²) in [7, 11) is 0. The minimum atomic E-state index is -4.54. The predicted molar refractivity (Wildman–Crippen MR) is 106 cm³/mol. The summed E-state index contributed by atoms with van der Waals surface area (Å²) in [6, 6.07) is 12.9. The van der Waals surface area contributed by atoms with Crippen LogP contribution in [0.5, 0.6) is 5.75 Å². The van der Waals surface area contributed by atoms with Gasteiger partial charge in [-0.2, -0.15) is 13.2 Å². The summed E-state index contributed by atoms with van der Waals surface area (Å²) in [5, 5.41) is 2.79. The smallest absolute Gasteiger partial charge is 0.419 e. The molecule has 8 heteroatoms. The molecule has 1 aliphatic heterocycles. The first-order valence-electron chi connectivity index (χ1n) is 9.78. The van der Waals surface area contributed by atoms with Crippen LogP contribution in [0.15, 0.2) is 48.5 Å². The van der Waals surface area contributed by atoms with Crippen molar-refractivity contribution >= 4 is 5.91 Å². The Labute approximate surface area is 173 Å². The molecule has 1 aliphatic rings. The summed E-state index contributed by atoms with van der Waals surface area (Å²) in [4.78, 5) is 14.5. The first-order valence-corrected chi connectivity index (χ1v) is 9.78. The molecule has 1 saturated heterocycles. The van der Waals surface area contributed by atoms with Crippen molar-refractivity contribution < 1.29 is 27.4 Å². The number of para-hydroxylation sites is 1. The molecule has 2 aromatic carbocycles. The van der Waals surface area contributed by atoms with Gasteiger partial charge in [0.1, 0.15) is 5.75 Å². The summed E-state index contributed by atoms with van der Waals surface area (Å²) in [6.07, 6.45) is -4.54. The Morgan fingerprint density at radius 3 is 2.47 bits per heavy atom. The molecule has 1 amide bonds. The lowest BCUT2D eigenvalue weighted by atomic mass is 10.0. The number of ether oxygens (including phenoxy) is 2. The van der Waals surface area contributed by atoms with Crippen molar-refractivity contribution in [3.8, 4) is 5.75 Å². The zero-order valence-electron chi connectivity index (χ0n) is 16.7. The van der Waals surface area contributed by atoms with Crippen molar-refractivity contribution in [2.75, 3.05) is 39.5 Å². The summed E-state index contributed by atoms with van der Waals surface area (Å²) in [5.41, 5.74) is 1.30. The quantitative estimate of drug-likeness (QED) is 0.741. The number of hydrogen-bond donors (Lipinski definition) is 1. The number of alkyl halides is 3. The molecule has 1 atom stereocenters. The van der Waals surface area contributed by atoms with Crippen molar-refractivity contribution in [2.45, 2.75) is 19.1 Å². The van der Waals surface area contributed by atoms with Crippen LogP contribution in [0.25, 0.3) is 0 Å². The Morgan fingerprint density at radius 1 is 1.13 bits per heavy atom. The lowest BCUT2D eigenvalue weighted by Gasteiger charge is -2.35. The molecule has 3 rings (SSSR count). The van der Waals surface area contributed by atoms with Gasteiger partial charge in [-0.05, 0) is 24.6 Å². The van der Waals surface area contributed by atoms with E-state index in [1.165, 1.54) is 18.2 Å². The zero-order valence-corrected chi connectivity index (χ0v) is 16.7. The first kappa shape index (κ1) is 22.1. The Morgan fingerprint density at radius 2 is 1.80 bits per heavy atom.